The van der Waals surface area contributed by atoms with E-state index >= 15 is 0 Å². The van der Waals surface area contributed by atoms with Gasteiger partial charge in [0.05, 0.1) is 4.90 Å². The summed E-state index contributed by atoms with van der Waals surface area (Å²) < 4.78 is 40.1. The molecular formula is C23H29N3O4S. The number of ether oxygens (including phenoxy) is 2. The molecule has 0 amide bonds. The van der Waals surface area contributed by atoms with E-state index in [4.69, 9.17) is 9.47 Å². The molecule has 1 atom stereocenters. The summed E-state index contributed by atoms with van der Waals surface area (Å²) in [6.07, 6.45) is 3.34. The van der Waals surface area contributed by atoms with Crippen molar-refractivity contribution in [2.24, 2.45) is 0 Å². The quantitative estimate of drug-likeness (QED) is 0.740. The van der Waals surface area contributed by atoms with Crippen LogP contribution in [0.1, 0.15) is 30.0 Å². The second-order valence-electron chi connectivity index (χ2n) is 8.48. The summed E-state index contributed by atoms with van der Waals surface area (Å²) in [5.41, 5.74) is 3.81. The van der Waals surface area contributed by atoms with Crippen LogP contribution in [0.15, 0.2) is 41.3 Å². The first-order chi connectivity index (χ1) is 15.0. The Balaban J connectivity index is 1.37. The van der Waals surface area contributed by atoms with Gasteiger partial charge in [0.2, 0.25) is 10.0 Å². The van der Waals surface area contributed by atoms with Crippen molar-refractivity contribution in [3.8, 4) is 11.5 Å². The number of benzene rings is 2. The fraction of sp³-hybridized carbons (Fsp3) is 0.478. The first-order valence-corrected chi connectivity index (χ1v) is 12.5. The minimum Gasteiger partial charge on any atom is -0.486 e. The molecule has 3 aliphatic rings. The predicted octanol–water partition coefficient (Wildman–Crippen LogP) is 2.57. The molecule has 166 valence electrons. The minimum atomic E-state index is -3.67. The molecule has 0 radical (unpaired) electrons. The normalized spacial score (nSPS) is 19.5. The van der Waals surface area contributed by atoms with E-state index in [0.717, 1.165) is 38.9 Å². The number of sulfonamides is 1. The van der Waals surface area contributed by atoms with Crippen LogP contribution in [0.5, 0.6) is 11.5 Å². The molecular weight excluding hydrogens is 414 g/mol. The summed E-state index contributed by atoms with van der Waals surface area (Å²) in [5, 5.41) is 0. The highest BCUT2D eigenvalue weighted by Gasteiger charge is 2.28. The van der Waals surface area contributed by atoms with E-state index in [0.29, 0.717) is 31.3 Å². The lowest BCUT2D eigenvalue weighted by molar-refractivity contribution is 0.171. The molecule has 2 aromatic carbocycles. The molecule has 1 unspecified atom stereocenters. The van der Waals surface area contributed by atoms with E-state index in [9.17, 15) is 8.42 Å². The van der Waals surface area contributed by atoms with Gasteiger partial charge in [-0.25, -0.2) is 13.1 Å². The highest BCUT2D eigenvalue weighted by molar-refractivity contribution is 7.89. The molecule has 1 fully saturated rings. The lowest BCUT2D eigenvalue weighted by Gasteiger charge is -2.29. The zero-order chi connectivity index (χ0) is 21.4. The van der Waals surface area contributed by atoms with Gasteiger partial charge in [0.25, 0.3) is 0 Å². The average Bonchev–Trinajstić information content (AvgIpc) is 3.44. The van der Waals surface area contributed by atoms with E-state index in [2.05, 4.69) is 39.8 Å². The lowest BCUT2D eigenvalue weighted by atomic mass is 10.0. The van der Waals surface area contributed by atoms with Crippen molar-refractivity contribution in [2.75, 3.05) is 51.3 Å². The standard InChI is InChI=1S/C23H29N3O4S/c1-25-11-8-18-14-17(4-6-20(18)25)21(26-9-2-3-10-26)16-24-31(27,28)19-5-7-22-23(15-19)30-13-12-29-22/h4-7,14-15,21,24H,2-3,8-13,16H2,1H3. The highest BCUT2D eigenvalue weighted by atomic mass is 32.2. The zero-order valence-corrected chi connectivity index (χ0v) is 18.7. The van der Waals surface area contributed by atoms with E-state index < -0.39 is 10.0 Å². The van der Waals surface area contributed by atoms with Crippen LogP contribution in [0.4, 0.5) is 5.69 Å². The number of likely N-dealkylation sites (N-methyl/N-ethyl adjacent to an activating group) is 1. The number of hydrogen-bond donors (Lipinski definition) is 1. The van der Waals surface area contributed by atoms with Crippen molar-refractivity contribution in [2.45, 2.75) is 30.2 Å². The van der Waals surface area contributed by atoms with Gasteiger partial charge in [-0.05, 0) is 61.7 Å². The number of nitrogens with zero attached hydrogens (tertiary/aromatic N) is 2. The van der Waals surface area contributed by atoms with Gasteiger partial charge >= 0.3 is 0 Å². The molecule has 0 aromatic heterocycles. The van der Waals surface area contributed by atoms with E-state index in [1.807, 2.05) is 0 Å². The molecule has 1 N–H and O–H groups in total. The Kier molecular flexibility index (Phi) is 5.54. The van der Waals surface area contributed by atoms with Crippen LogP contribution in [-0.2, 0) is 16.4 Å². The van der Waals surface area contributed by atoms with Gasteiger partial charge in [-0.1, -0.05) is 12.1 Å². The van der Waals surface area contributed by atoms with Gasteiger partial charge in [-0.15, -0.1) is 0 Å². The molecule has 1 saturated heterocycles. The Hall–Kier alpha value is -2.29. The van der Waals surface area contributed by atoms with Crippen molar-refractivity contribution in [3.05, 3.63) is 47.5 Å². The fourth-order valence-electron chi connectivity index (χ4n) is 4.77. The number of nitrogens with one attached hydrogen (secondary N) is 1. The van der Waals surface area contributed by atoms with Crippen LogP contribution in [0.3, 0.4) is 0 Å². The van der Waals surface area contributed by atoms with Crippen LogP contribution < -0.4 is 19.1 Å². The largest absolute Gasteiger partial charge is 0.486 e. The van der Waals surface area contributed by atoms with Crippen LogP contribution in [0.25, 0.3) is 0 Å². The SMILES string of the molecule is CN1CCc2cc(C(CNS(=O)(=O)c3ccc4c(c3)OCCO4)N3CCCC3)ccc21. The number of fused-ring (bicyclic) bond motifs is 2. The van der Waals surface area contributed by atoms with Gasteiger partial charge in [-0.2, -0.15) is 0 Å². The molecule has 0 saturated carbocycles. The van der Waals surface area contributed by atoms with Crippen LogP contribution in [-0.4, -0.2) is 59.8 Å². The third kappa shape index (κ3) is 4.12. The maximum Gasteiger partial charge on any atom is 0.240 e. The second kappa shape index (κ2) is 8.33. The van der Waals surface area contributed by atoms with Crippen LogP contribution >= 0.6 is 0 Å². The van der Waals surface area contributed by atoms with Gasteiger partial charge in [0, 0.05) is 37.9 Å². The molecule has 3 heterocycles. The van der Waals surface area contributed by atoms with E-state index in [1.54, 1.807) is 18.2 Å². The molecule has 0 aliphatic carbocycles. The maximum atomic E-state index is 13.1. The number of anilines is 1. The maximum absolute atomic E-state index is 13.1. The molecule has 31 heavy (non-hydrogen) atoms. The Bertz CT molecular complexity index is 1070. The van der Waals surface area contributed by atoms with Crippen molar-refractivity contribution in [3.63, 3.8) is 0 Å². The monoisotopic (exact) mass is 443 g/mol. The second-order valence-corrected chi connectivity index (χ2v) is 10.2. The fourth-order valence-corrected chi connectivity index (χ4v) is 5.82. The number of rotatable bonds is 6. The Labute approximate surface area is 184 Å². The van der Waals surface area contributed by atoms with E-state index in [-0.39, 0.29) is 10.9 Å². The first kappa shape index (κ1) is 20.6. The molecule has 5 rings (SSSR count). The Morgan fingerprint density at radius 1 is 1.00 bits per heavy atom. The molecule has 0 spiro atoms. The van der Waals surface area contributed by atoms with E-state index in [1.165, 1.54) is 16.8 Å². The van der Waals surface area contributed by atoms with Crippen LogP contribution in [0.2, 0.25) is 0 Å². The van der Waals surface area contributed by atoms with Gasteiger partial charge in [0.15, 0.2) is 11.5 Å². The third-order valence-electron chi connectivity index (χ3n) is 6.49. The highest BCUT2D eigenvalue weighted by Crippen LogP contribution is 2.34. The molecule has 3 aliphatic heterocycles. The lowest BCUT2D eigenvalue weighted by Crippen LogP contribution is -2.36. The van der Waals surface area contributed by atoms with Crippen molar-refractivity contribution < 1.29 is 17.9 Å². The summed E-state index contributed by atoms with van der Waals surface area (Å²) in [5.74, 6) is 1.07. The van der Waals surface area contributed by atoms with Crippen LogP contribution in [0, 0.1) is 0 Å². The molecule has 7 nitrogen and oxygen atoms in total. The minimum absolute atomic E-state index is 0.0192. The average molecular weight is 444 g/mol. The topological polar surface area (TPSA) is 71.1 Å². The Morgan fingerprint density at radius 3 is 2.58 bits per heavy atom. The number of hydrogen-bond acceptors (Lipinski definition) is 6. The smallest absolute Gasteiger partial charge is 0.240 e. The van der Waals surface area contributed by atoms with Gasteiger partial charge in [0.1, 0.15) is 13.2 Å². The Morgan fingerprint density at radius 2 is 1.77 bits per heavy atom. The predicted molar refractivity (Wildman–Crippen MR) is 120 cm³/mol. The molecule has 0 bridgehead atoms. The number of likely N-dealkylation sites (tertiary alicyclic amines) is 1. The summed E-state index contributed by atoms with van der Waals surface area (Å²) >= 11 is 0. The first-order valence-electron chi connectivity index (χ1n) is 11.0. The van der Waals surface area contributed by atoms with Crippen molar-refractivity contribution >= 4 is 15.7 Å². The summed E-state index contributed by atoms with van der Waals surface area (Å²) in [4.78, 5) is 4.87. The zero-order valence-electron chi connectivity index (χ0n) is 17.8. The van der Waals surface area contributed by atoms with Gasteiger partial charge in [-0.3, -0.25) is 4.90 Å². The van der Waals surface area contributed by atoms with Crippen molar-refractivity contribution in [1.29, 1.82) is 0 Å². The van der Waals surface area contributed by atoms with Crippen molar-refractivity contribution in [1.82, 2.24) is 9.62 Å². The summed E-state index contributed by atoms with van der Waals surface area (Å²) in [6, 6.07) is 11.4. The molecule has 8 heteroatoms. The summed E-state index contributed by atoms with van der Waals surface area (Å²) in [6.45, 7) is 4.26. The third-order valence-corrected chi connectivity index (χ3v) is 7.91. The molecule has 2 aromatic rings. The summed E-state index contributed by atoms with van der Waals surface area (Å²) in [7, 11) is -1.55. The van der Waals surface area contributed by atoms with Gasteiger partial charge < -0.3 is 14.4 Å².